The Labute approximate surface area is 202 Å². The van der Waals surface area contributed by atoms with Gasteiger partial charge in [0.25, 0.3) is 11.5 Å². The van der Waals surface area contributed by atoms with E-state index in [0.717, 1.165) is 22.9 Å². The number of aromatic nitrogens is 4. The van der Waals surface area contributed by atoms with E-state index in [1.54, 1.807) is 6.07 Å². The highest BCUT2D eigenvalue weighted by atomic mass is 19.4. The van der Waals surface area contributed by atoms with E-state index in [9.17, 15) is 22.8 Å². The summed E-state index contributed by atoms with van der Waals surface area (Å²) in [7, 11) is 0. The number of carbonyl (C=O) groups is 1. The smallest absolute Gasteiger partial charge is 0.350 e. The zero-order valence-corrected chi connectivity index (χ0v) is 18.9. The third-order valence-electron chi connectivity index (χ3n) is 5.85. The monoisotopic (exact) mass is 491 g/mol. The van der Waals surface area contributed by atoms with Gasteiger partial charge in [0.2, 0.25) is 0 Å². The van der Waals surface area contributed by atoms with Crippen molar-refractivity contribution in [3.05, 3.63) is 106 Å². The number of nitrogens with one attached hydrogen (secondary N) is 1. The van der Waals surface area contributed by atoms with Gasteiger partial charge in [-0.2, -0.15) is 18.3 Å². The Balaban J connectivity index is 1.27. The Morgan fingerprint density at radius 2 is 1.78 bits per heavy atom. The molecule has 1 amide bonds. The van der Waals surface area contributed by atoms with E-state index >= 15 is 0 Å². The van der Waals surface area contributed by atoms with Gasteiger partial charge in [-0.1, -0.05) is 42.5 Å². The zero-order valence-electron chi connectivity index (χ0n) is 18.9. The summed E-state index contributed by atoms with van der Waals surface area (Å²) in [6, 6.07) is 18.0. The number of benzene rings is 3. The molecular weight excluding hydrogens is 471 g/mol. The van der Waals surface area contributed by atoms with Crippen LogP contribution in [0.4, 0.5) is 13.2 Å². The molecule has 36 heavy (non-hydrogen) atoms. The summed E-state index contributed by atoms with van der Waals surface area (Å²) in [6.07, 6.45) is -1.80. The van der Waals surface area contributed by atoms with E-state index in [-0.39, 0.29) is 30.9 Å². The number of hydrogen-bond acceptors (Lipinski definition) is 4. The van der Waals surface area contributed by atoms with Crippen LogP contribution in [-0.4, -0.2) is 31.8 Å². The lowest BCUT2D eigenvalue weighted by atomic mass is 10.1. The fraction of sp³-hybridized carbons (Fsp3) is 0.154. The van der Waals surface area contributed by atoms with Crippen LogP contribution < -0.4 is 10.9 Å². The van der Waals surface area contributed by atoms with E-state index in [1.807, 2.05) is 36.4 Å². The third-order valence-corrected chi connectivity index (χ3v) is 5.85. The van der Waals surface area contributed by atoms with Crippen molar-refractivity contribution in [1.82, 2.24) is 24.6 Å². The SMILES string of the molecule is O=C(NCCn1ncc2c(=O)n(Cc3cccc(C(F)(F)F)c3)cnc21)c1ccc2ccccc2c1. The summed E-state index contributed by atoms with van der Waals surface area (Å²) in [5.74, 6) is -0.228. The first-order valence-electron chi connectivity index (χ1n) is 11.1. The van der Waals surface area contributed by atoms with Gasteiger partial charge in [0.05, 0.1) is 24.8 Å². The molecule has 7 nitrogen and oxygen atoms in total. The van der Waals surface area contributed by atoms with Crippen molar-refractivity contribution in [2.45, 2.75) is 19.3 Å². The Bertz CT molecular complexity index is 1640. The van der Waals surface area contributed by atoms with Crippen LogP contribution >= 0.6 is 0 Å². The fourth-order valence-corrected chi connectivity index (χ4v) is 4.02. The Morgan fingerprint density at radius 1 is 0.972 bits per heavy atom. The maximum atomic E-state index is 13.0. The zero-order chi connectivity index (χ0) is 25.3. The van der Waals surface area contributed by atoms with Gasteiger partial charge < -0.3 is 5.32 Å². The first kappa shape index (κ1) is 23.3. The standard InChI is InChI=1S/C26H20F3N5O2/c27-26(28,29)21-7-3-4-17(12-21)15-33-16-31-23-22(25(33)36)14-32-34(23)11-10-30-24(35)20-9-8-18-5-1-2-6-19(18)13-20/h1-9,12-14,16H,10-11,15H2,(H,30,35). The van der Waals surface area contributed by atoms with Crippen molar-refractivity contribution in [1.29, 1.82) is 0 Å². The van der Waals surface area contributed by atoms with Crippen LogP contribution in [0.15, 0.2) is 84.0 Å². The van der Waals surface area contributed by atoms with Crippen molar-refractivity contribution in [3.63, 3.8) is 0 Å². The second kappa shape index (κ2) is 9.29. The molecule has 2 heterocycles. The number of carbonyl (C=O) groups excluding carboxylic acids is 1. The lowest BCUT2D eigenvalue weighted by Gasteiger charge is -2.10. The quantitative estimate of drug-likeness (QED) is 0.385. The van der Waals surface area contributed by atoms with Gasteiger partial charge in [0, 0.05) is 12.1 Å². The number of hydrogen-bond donors (Lipinski definition) is 1. The average Bonchev–Trinajstić information content (AvgIpc) is 3.28. The molecule has 0 fully saturated rings. The average molecular weight is 491 g/mol. The Hall–Kier alpha value is -4.47. The molecule has 182 valence electrons. The number of nitrogens with zero attached hydrogens (tertiary/aromatic N) is 4. The second-order valence-electron chi connectivity index (χ2n) is 8.30. The molecule has 5 rings (SSSR count). The molecule has 0 unspecified atom stereocenters. The lowest BCUT2D eigenvalue weighted by Crippen LogP contribution is -2.27. The van der Waals surface area contributed by atoms with Crippen LogP contribution in [-0.2, 0) is 19.3 Å². The van der Waals surface area contributed by atoms with E-state index < -0.39 is 17.3 Å². The summed E-state index contributed by atoms with van der Waals surface area (Å²) in [6.45, 7) is 0.489. The summed E-state index contributed by atoms with van der Waals surface area (Å²) < 4.78 is 41.7. The third kappa shape index (κ3) is 4.70. The highest BCUT2D eigenvalue weighted by Gasteiger charge is 2.30. The molecule has 0 saturated carbocycles. The maximum Gasteiger partial charge on any atom is 0.416 e. The Morgan fingerprint density at radius 3 is 2.58 bits per heavy atom. The molecular formula is C26H20F3N5O2. The van der Waals surface area contributed by atoms with Crippen molar-refractivity contribution >= 4 is 27.7 Å². The summed E-state index contributed by atoms with van der Waals surface area (Å²) >= 11 is 0. The van der Waals surface area contributed by atoms with Gasteiger partial charge in [-0.25, -0.2) is 9.67 Å². The second-order valence-corrected chi connectivity index (χ2v) is 8.30. The van der Waals surface area contributed by atoms with Crippen LogP contribution in [0.25, 0.3) is 21.8 Å². The van der Waals surface area contributed by atoms with Gasteiger partial charge >= 0.3 is 6.18 Å². The van der Waals surface area contributed by atoms with E-state index in [1.165, 1.54) is 33.9 Å². The molecule has 0 aliphatic rings. The first-order valence-corrected chi connectivity index (χ1v) is 11.1. The minimum atomic E-state index is -4.46. The number of alkyl halides is 3. The molecule has 5 aromatic rings. The maximum absolute atomic E-state index is 13.0. The predicted molar refractivity (Wildman–Crippen MR) is 129 cm³/mol. The summed E-state index contributed by atoms with van der Waals surface area (Å²) in [4.78, 5) is 29.7. The first-order chi connectivity index (χ1) is 17.3. The van der Waals surface area contributed by atoms with Gasteiger partial charge in [-0.05, 0) is 40.6 Å². The lowest BCUT2D eigenvalue weighted by molar-refractivity contribution is -0.137. The Kier molecular flexibility index (Phi) is 6.01. The van der Waals surface area contributed by atoms with Crippen LogP contribution in [0.1, 0.15) is 21.5 Å². The molecule has 0 spiro atoms. The van der Waals surface area contributed by atoms with Crippen LogP contribution in [0.5, 0.6) is 0 Å². The van der Waals surface area contributed by atoms with Gasteiger partial charge in [0.15, 0.2) is 5.65 Å². The molecule has 0 aliphatic carbocycles. The van der Waals surface area contributed by atoms with Crippen molar-refractivity contribution in [2.75, 3.05) is 6.54 Å². The van der Waals surface area contributed by atoms with Crippen molar-refractivity contribution < 1.29 is 18.0 Å². The summed E-state index contributed by atoms with van der Waals surface area (Å²) in [5.41, 5.74) is 0.0104. The van der Waals surface area contributed by atoms with Crippen LogP contribution in [0.3, 0.4) is 0 Å². The van der Waals surface area contributed by atoms with Gasteiger partial charge in [-0.15, -0.1) is 0 Å². The van der Waals surface area contributed by atoms with E-state index in [2.05, 4.69) is 15.4 Å². The number of halogens is 3. The molecule has 0 saturated heterocycles. The minimum Gasteiger partial charge on any atom is -0.350 e. The topological polar surface area (TPSA) is 81.8 Å². The van der Waals surface area contributed by atoms with Crippen LogP contribution in [0, 0.1) is 0 Å². The van der Waals surface area contributed by atoms with Crippen molar-refractivity contribution in [2.24, 2.45) is 0 Å². The molecule has 0 atom stereocenters. The van der Waals surface area contributed by atoms with Crippen molar-refractivity contribution in [3.8, 4) is 0 Å². The van der Waals surface area contributed by atoms with E-state index in [4.69, 9.17) is 0 Å². The van der Waals surface area contributed by atoms with Gasteiger partial charge in [-0.3, -0.25) is 14.2 Å². The highest BCUT2D eigenvalue weighted by molar-refractivity contribution is 5.98. The molecule has 2 aromatic heterocycles. The van der Waals surface area contributed by atoms with Crippen LogP contribution in [0.2, 0.25) is 0 Å². The molecule has 3 aromatic carbocycles. The minimum absolute atomic E-state index is 0.0569. The molecule has 0 aliphatic heterocycles. The molecule has 0 bridgehead atoms. The fourth-order valence-electron chi connectivity index (χ4n) is 4.02. The molecule has 10 heteroatoms. The highest BCUT2D eigenvalue weighted by Crippen LogP contribution is 2.29. The van der Waals surface area contributed by atoms with E-state index in [0.29, 0.717) is 16.8 Å². The molecule has 1 N–H and O–H groups in total. The number of rotatable bonds is 6. The van der Waals surface area contributed by atoms with Gasteiger partial charge in [0.1, 0.15) is 11.7 Å². The number of fused-ring (bicyclic) bond motifs is 2. The summed E-state index contributed by atoms with van der Waals surface area (Å²) in [5, 5.41) is 9.29. The normalized spacial score (nSPS) is 11.8. The number of amides is 1. The predicted octanol–water partition coefficient (Wildman–Crippen LogP) is 4.24. The molecule has 0 radical (unpaired) electrons. The largest absolute Gasteiger partial charge is 0.416 e.